The van der Waals surface area contributed by atoms with Crippen LogP contribution in [0.2, 0.25) is 0 Å². The molecule has 0 aromatic carbocycles. The van der Waals surface area contributed by atoms with Crippen molar-refractivity contribution in [3.63, 3.8) is 0 Å². The molecular formula is C10H16N4. The zero-order valence-electron chi connectivity index (χ0n) is 8.83. The van der Waals surface area contributed by atoms with E-state index in [4.69, 9.17) is 0 Å². The fourth-order valence-corrected chi connectivity index (χ4v) is 1.47. The molecule has 0 amide bonds. The molecule has 4 heteroatoms. The van der Waals surface area contributed by atoms with Crippen LogP contribution in [-0.4, -0.2) is 23.1 Å². The molecule has 1 aromatic rings. The minimum atomic E-state index is 0.421. The lowest BCUT2D eigenvalue weighted by atomic mass is 10.2. The van der Waals surface area contributed by atoms with Crippen molar-refractivity contribution >= 4 is 11.6 Å². The Morgan fingerprint density at radius 3 is 2.57 bits per heavy atom. The van der Waals surface area contributed by atoms with Gasteiger partial charge < -0.3 is 10.6 Å². The third kappa shape index (κ3) is 1.78. The lowest BCUT2D eigenvalue weighted by Gasteiger charge is -2.07. The number of nitrogens with zero attached hydrogens (tertiary/aromatic N) is 2. The zero-order valence-corrected chi connectivity index (χ0v) is 8.83. The highest BCUT2D eigenvalue weighted by molar-refractivity contribution is 5.47. The first-order chi connectivity index (χ1) is 6.62. The number of hydrogen-bond donors (Lipinski definition) is 2. The Balaban J connectivity index is 2.03. The van der Waals surface area contributed by atoms with Gasteiger partial charge >= 0.3 is 0 Å². The summed E-state index contributed by atoms with van der Waals surface area (Å²) in [6.07, 6.45) is 2.79. The van der Waals surface area contributed by atoms with Crippen LogP contribution in [0.3, 0.4) is 0 Å². The monoisotopic (exact) mass is 192 g/mol. The molecule has 1 heterocycles. The second-order valence-electron chi connectivity index (χ2n) is 4.43. The normalized spacial score (nSPS) is 22.9. The van der Waals surface area contributed by atoms with Crippen LogP contribution in [0, 0.1) is 5.41 Å². The minimum absolute atomic E-state index is 0.421. The SMILES string of the molecule is CNc1cc(NC2CC2(C)C)ncn1. The van der Waals surface area contributed by atoms with E-state index >= 15 is 0 Å². The van der Waals surface area contributed by atoms with Gasteiger partial charge in [-0.2, -0.15) is 0 Å². The molecule has 2 rings (SSSR count). The Bertz CT molecular complexity index is 335. The van der Waals surface area contributed by atoms with Crippen molar-refractivity contribution in [1.29, 1.82) is 0 Å². The molecule has 1 aliphatic carbocycles. The summed E-state index contributed by atoms with van der Waals surface area (Å²) >= 11 is 0. The van der Waals surface area contributed by atoms with Crippen molar-refractivity contribution in [3.05, 3.63) is 12.4 Å². The Morgan fingerprint density at radius 2 is 2.00 bits per heavy atom. The largest absolute Gasteiger partial charge is 0.373 e. The minimum Gasteiger partial charge on any atom is -0.373 e. The molecule has 1 atom stereocenters. The average Bonchev–Trinajstić information content (AvgIpc) is 2.74. The van der Waals surface area contributed by atoms with E-state index < -0.39 is 0 Å². The van der Waals surface area contributed by atoms with Crippen molar-refractivity contribution < 1.29 is 0 Å². The van der Waals surface area contributed by atoms with E-state index in [2.05, 4.69) is 34.4 Å². The number of aromatic nitrogens is 2. The molecule has 0 saturated heterocycles. The summed E-state index contributed by atoms with van der Waals surface area (Å²) in [7, 11) is 1.85. The fraction of sp³-hybridized carbons (Fsp3) is 0.600. The first kappa shape index (κ1) is 9.24. The number of hydrogen-bond acceptors (Lipinski definition) is 4. The number of anilines is 2. The van der Waals surface area contributed by atoms with Gasteiger partial charge in [0.25, 0.3) is 0 Å². The Kier molecular flexibility index (Phi) is 2.06. The van der Waals surface area contributed by atoms with Gasteiger partial charge in [0.05, 0.1) is 0 Å². The van der Waals surface area contributed by atoms with Crippen LogP contribution in [0.1, 0.15) is 20.3 Å². The predicted molar refractivity (Wildman–Crippen MR) is 57.4 cm³/mol. The van der Waals surface area contributed by atoms with Crippen LogP contribution in [-0.2, 0) is 0 Å². The Hall–Kier alpha value is -1.32. The summed E-state index contributed by atoms with van der Waals surface area (Å²) in [5.74, 6) is 1.75. The average molecular weight is 192 g/mol. The number of nitrogens with one attached hydrogen (secondary N) is 2. The molecule has 14 heavy (non-hydrogen) atoms. The second kappa shape index (κ2) is 3.12. The van der Waals surface area contributed by atoms with Crippen molar-refractivity contribution in [2.75, 3.05) is 17.7 Å². The lowest BCUT2D eigenvalue weighted by molar-refractivity contribution is 0.630. The van der Waals surface area contributed by atoms with E-state index in [-0.39, 0.29) is 0 Å². The van der Waals surface area contributed by atoms with Crippen LogP contribution < -0.4 is 10.6 Å². The van der Waals surface area contributed by atoms with Crippen LogP contribution in [0.5, 0.6) is 0 Å². The molecule has 1 fully saturated rings. The Labute approximate surface area is 84.2 Å². The van der Waals surface area contributed by atoms with Gasteiger partial charge in [-0.05, 0) is 11.8 Å². The molecule has 1 unspecified atom stereocenters. The van der Waals surface area contributed by atoms with Gasteiger partial charge in [-0.1, -0.05) is 13.8 Å². The van der Waals surface area contributed by atoms with Gasteiger partial charge in [0, 0.05) is 19.2 Å². The van der Waals surface area contributed by atoms with Crippen molar-refractivity contribution in [2.24, 2.45) is 5.41 Å². The standard InChI is InChI=1S/C10H16N4/c1-10(2)5-7(10)14-9-4-8(11-3)12-6-13-9/h4,6-7H,5H2,1-3H3,(H2,11,12,13,14). The van der Waals surface area contributed by atoms with E-state index in [1.807, 2.05) is 13.1 Å². The smallest absolute Gasteiger partial charge is 0.131 e. The number of rotatable bonds is 3. The highest BCUT2D eigenvalue weighted by Crippen LogP contribution is 2.46. The molecule has 2 N–H and O–H groups in total. The van der Waals surface area contributed by atoms with Gasteiger partial charge in [0.15, 0.2) is 0 Å². The molecule has 1 saturated carbocycles. The predicted octanol–water partition coefficient (Wildman–Crippen LogP) is 1.73. The van der Waals surface area contributed by atoms with Gasteiger partial charge in [0.1, 0.15) is 18.0 Å². The van der Waals surface area contributed by atoms with E-state index in [9.17, 15) is 0 Å². The van der Waals surface area contributed by atoms with E-state index in [1.165, 1.54) is 6.42 Å². The molecule has 1 aromatic heterocycles. The quantitative estimate of drug-likeness (QED) is 0.765. The molecule has 0 aliphatic heterocycles. The molecule has 0 bridgehead atoms. The fourth-order valence-electron chi connectivity index (χ4n) is 1.47. The molecule has 0 spiro atoms. The summed E-state index contributed by atoms with van der Waals surface area (Å²) < 4.78 is 0. The van der Waals surface area contributed by atoms with Gasteiger partial charge in [0.2, 0.25) is 0 Å². The first-order valence-corrected chi connectivity index (χ1v) is 4.88. The summed E-state index contributed by atoms with van der Waals surface area (Å²) in [6, 6.07) is 2.48. The first-order valence-electron chi connectivity index (χ1n) is 4.88. The van der Waals surface area contributed by atoms with E-state index in [0.29, 0.717) is 11.5 Å². The van der Waals surface area contributed by atoms with Crippen LogP contribution in [0.4, 0.5) is 11.6 Å². The van der Waals surface area contributed by atoms with Gasteiger partial charge in [-0.15, -0.1) is 0 Å². The maximum absolute atomic E-state index is 4.17. The third-order valence-electron chi connectivity index (χ3n) is 2.76. The maximum Gasteiger partial charge on any atom is 0.131 e. The van der Waals surface area contributed by atoms with Crippen LogP contribution in [0.15, 0.2) is 12.4 Å². The second-order valence-corrected chi connectivity index (χ2v) is 4.43. The van der Waals surface area contributed by atoms with Crippen molar-refractivity contribution in [1.82, 2.24) is 9.97 Å². The van der Waals surface area contributed by atoms with Crippen molar-refractivity contribution in [3.8, 4) is 0 Å². The molecule has 4 nitrogen and oxygen atoms in total. The topological polar surface area (TPSA) is 49.8 Å². The summed E-state index contributed by atoms with van der Waals surface area (Å²) in [5.41, 5.74) is 0.421. The van der Waals surface area contributed by atoms with Gasteiger partial charge in [-0.3, -0.25) is 0 Å². The highest BCUT2D eigenvalue weighted by atomic mass is 15.1. The lowest BCUT2D eigenvalue weighted by Crippen LogP contribution is -2.10. The summed E-state index contributed by atoms with van der Waals surface area (Å²) in [4.78, 5) is 8.23. The zero-order chi connectivity index (χ0) is 10.2. The Morgan fingerprint density at radius 1 is 1.36 bits per heavy atom. The maximum atomic E-state index is 4.17. The molecule has 1 aliphatic rings. The molecule has 76 valence electrons. The van der Waals surface area contributed by atoms with Crippen LogP contribution >= 0.6 is 0 Å². The summed E-state index contributed by atoms with van der Waals surface area (Å²) in [6.45, 7) is 4.51. The van der Waals surface area contributed by atoms with Gasteiger partial charge in [-0.25, -0.2) is 9.97 Å². The van der Waals surface area contributed by atoms with E-state index in [1.54, 1.807) is 6.33 Å². The van der Waals surface area contributed by atoms with Crippen molar-refractivity contribution in [2.45, 2.75) is 26.3 Å². The molecule has 0 radical (unpaired) electrons. The molecular weight excluding hydrogens is 176 g/mol. The van der Waals surface area contributed by atoms with E-state index in [0.717, 1.165) is 11.6 Å². The third-order valence-corrected chi connectivity index (χ3v) is 2.76. The van der Waals surface area contributed by atoms with Crippen LogP contribution in [0.25, 0.3) is 0 Å². The highest BCUT2D eigenvalue weighted by Gasteiger charge is 2.45. The summed E-state index contributed by atoms with van der Waals surface area (Å²) in [5, 5.41) is 6.38.